The molecule has 208 valence electrons. The fourth-order valence-corrected chi connectivity index (χ4v) is 5.17. The maximum absolute atomic E-state index is 13.5. The second-order valence-corrected chi connectivity index (χ2v) is 10.1. The molecular weight excluding hydrogens is 504 g/mol. The summed E-state index contributed by atoms with van der Waals surface area (Å²) in [7, 11) is 0. The van der Waals surface area contributed by atoms with Crippen LogP contribution in [0, 0.1) is 0 Å². The van der Waals surface area contributed by atoms with Crippen molar-refractivity contribution in [2.24, 2.45) is 0 Å². The van der Waals surface area contributed by atoms with Gasteiger partial charge in [-0.2, -0.15) is 0 Å². The van der Waals surface area contributed by atoms with Crippen molar-refractivity contribution in [1.82, 2.24) is 20.1 Å². The predicted molar refractivity (Wildman–Crippen MR) is 141 cm³/mol. The Hall–Kier alpha value is -3.99. The number of carbonyl (C=O) groups excluding carboxylic acids is 2. The van der Waals surface area contributed by atoms with E-state index in [1.807, 2.05) is 36.4 Å². The largest absolute Gasteiger partial charge is 0.481 e. The normalized spacial score (nSPS) is 20.2. The summed E-state index contributed by atoms with van der Waals surface area (Å²) in [6, 6.07) is 12.0. The zero-order chi connectivity index (χ0) is 27.9. The molecule has 0 spiro atoms. The molecule has 2 fully saturated rings. The maximum Gasteiger partial charge on any atom is 0.407 e. The minimum absolute atomic E-state index is 0.106. The van der Waals surface area contributed by atoms with Gasteiger partial charge in [0, 0.05) is 38.2 Å². The summed E-state index contributed by atoms with van der Waals surface area (Å²) in [5.74, 6) is -1.97. The molecule has 1 aliphatic carbocycles. The molecule has 0 bridgehead atoms. The van der Waals surface area contributed by atoms with Crippen LogP contribution in [0.15, 0.2) is 42.5 Å². The minimum atomic E-state index is -1.10. The molecule has 2 aliphatic rings. The lowest BCUT2D eigenvalue weighted by molar-refractivity contribution is -0.138. The van der Waals surface area contributed by atoms with Crippen LogP contribution in [-0.4, -0.2) is 92.3 Å². The van der Waals surface area contributed by atoms with Crippen LogP contribution in [0.25, 0.3) is 11.3 Å². The van der Waals surface area contributed by atoms with Crippen LogP contribution >= 0.6 is 0 Å². The number of piperazine rings is 1. The van der Waals surface area contributed by atoms with Gasteiger partial charge < -0.3 is 30.4 Å². The molecule has 0 unspecified atom stereocenters. The lowest BCUT2D eigenvalue weighted by atomic mass is 9.82. The molecule has 1 aliphatic heterocycles. The number of aromatic nitrogens is 1. The summed E-state index contributed by atoms with van der Waals surface area (Å²) in [5.41, 5.74) is 2.50. The van der Waals surface area contributed by atoms with Gasteiger partial charge in [0.25, 0.3) is 5.91 Å². The van der Waals surface area contributed by atoms with Crippen LogP contribution in [0.3, 0.4) is 0 Å². The molecule has 39 heavy (non-hydrogen) atoms. The third-order valence-electron chi connectivity index (χ3n) is 7.43. The van der Waals surface area contributed by atoms with Crippen LogP contribution in [0.5, 0.6) is 0 Å². The van der Waals surface area contributed by atoms with Crippen LogP contribution in [0.4, 0.5) is 4.79 Å². The lowest BCUT2D eigenvalue weighted by Gasteiger charge is -2.35. The summed E-state index contributed by atoms with van der Waals surface area (Å²) < 4.78 is 0. The first-order chi connectivity index (χ1) is 18.7. The zero-order valence-corrected chi connectivity index (χ0v) is 21.7. The number of carboxylic acid groups (broad SMARTS) is 2. The predicted octanol–water partition coefficient (Wildman–Crippen LogP) is 2.55. The Morgan fingerprint density at radius 2 is 1.56 bits per heavy atom. The lowest BCUT2D eigenvalue weighted by Crippen LogP contribution is -2.55. The first-order valence-corrected chi connectivity index (χ1v) is 13.3. The molecule has 0 radical (unpaired) electrons. The quantitative estimate of drug-likeness (QED) is 0.399. The summed E-state index contributed by atoms with van der Waals surface area (Å²) >= 11 is 0. The number of aliphatic hydroxyl groups is 1. The average molecular weight is 539 g/mol. The SMILES string of the molecule is O=C(O)CC[C@H](NC(=O)c1cc(C2CCC(O)CC2)cc(-c2ccccc2)n1)C(=O)N1CCN(C(=O)O)CC1. The molecule has 2 aromatic rings. The van der Waals surface area contributed by atoms with Gasteiger partial charge >= 0.3 is 12.1 Å². The van der Waals surface area contributed by atoms with E-state index in [2.05, 4.69) is 10.3 Å². The molecule has 1 atom stereocenters. The van der Waals surface area contributed by atoms with Gasteiger partial charge in [0.15, 0.2) is 0 Å². The number of nitrogens with one attached hydrogen (secondary N) is 1. The van der Waals surface area contributed by atoms with Crippen molar-refractivity contribution in [3.8, 4) is 11.3 Å². The number of aliphatic carboxylic acids is 1. The van der Waals surface area contributed by atoms with Gasteiger partial charge in [-0.3, -0.25) is 14.4 Å². The summed E-state index contributed by atoms with van der Waals surface area (Å²) in [6.07, 6.45) is 1.10. The highest BCUT2D eigenvalue weighted by Gasteiger charge is 2.31. The highest BCUT2D eigenvalue weighted by Crippen LogP contribution is 2.34. The number of hydrogen-bond acceptors (Lipinski definition) is 6. The van der Waals surface area contributed by atoms with E-state index in [0.717, 1.165) is 24.0 Å². The Balaban J connectivity index is 1.57. The van der Waals surface area contributed by atoms with Crippen LogP contribution in [0.2, 0.25) is 0 Å². The van der Waals surface area contributed by atoms with E-state index in [1.54, 1.807) is 6.07 Å². The van der Waals surface area contributed by atoms with Crippen molar-refractivity contribution in [1.29, 1.82) is 0 Å². The van der Waals surface area contributed by atoms with Gasteiger partial charge in [-0.05, 0) is 55.7 Å². The number of nitrogens with zero attached hydrogens (tertiary/aromatic N) is 3. The number of carbonyl (C=O) groups is 4. The van der Waals surface area contributed by atoms with E-state index >= 15 is 0 Å². The number of rotatable bonds is 8. The molecule has 4 rings (SSSR count). The standard InChI is InChI=1S/C28H34N4O7/c33-21-8-6-18(7-9-21)20-16-23(19-4-2-1-3-5-19)29-24(17-20)26(36)30-22(10-11-25(34)35)27(37)31-12-14-32(15-13-31)28(38)39/h1-5,16-18,21-22,33H,6-15H2,(H,30,36)(H,34,35)(H,38,39)/t18?,21?,22-/m0/s1. The van der Waals surface area contributed by atoms with Gasteiger partial charge in [-0.25, -0.2) is 9.78 Å². The Morgan fingerprint density at radius 1 is 0.923 bits per heavy atom. The van der Waals surface area contributed by atoms with Crippen molar-refractivity contribution in [2.45, 2.75) is 56.6 Å². The fraction of sp³-hybridized carbons (Fsp3) is 0.464. The molecular formula is C28H34N4O7. The van der Waals surface area contributed by atoms with E-state index < -0.39 is 29.9 Å². The Kier molecular flexibility index (Phi) is 9.13. The van der Waals surface area contributed by atoms with Gasteiger partial charge in [-0.1, -0.05) is 30.3 Å². The van der Waals surface area contributed by atoms with Crippen molar-refractivity contribution >= 4 is 23.9 Å². The second-order valence-electron chi connectivity index (χ2n) is 10.1. The van der Waals surface area contributed by atoms with Gasteiger partial charge in [-0.15, -0.1) is 0 Å². The number of carboxylic acids is 1. The Morgan fingerprint density at radius 3 is 2.18 bits per heavy atom. The van der Waals surface area contributed by atoms with E-state index in [-0.39, 0.29) is 56.7 Å². The van der Waals surface area contributed by atoms with E-state index in [1.165, 1.54) is 9.80 Å². The highest BCUT2D eigenvalue weighted by atomic mass is 16.4. The van der Waals surface area contributed by atoms with Gasteiger partial charge in [0.05, 0.1) is 11.8 Å². The van der Waals surface area contributed by atoms with Gasteiger partial charge in [0.2, 0.25) is 5.91 Å². The van der Waals surface area contributed by atoms with E-state index in [9.17, 15) is 34.5 Å². The Bertz CT molecular complexity index is 1190. The smallest absolute Gasteiger partial charge is 0.407 e. The fourth-order valence-electron chi connectivity index (χ4n) is 5.17. The second kappa shape index (κ2) is 12.7. The third-order valence-corrected chi connectivity index (χ3v) is 7.43. The molecule has 1 saturated heterocycles. The summed E-state index contributed by atoms with van der Waals surface area (Å²) in [4.78, 5) is 56.5. The monoisotopic (exact) mass is 538 g/mol. The van der Waals surface area contributed by atoms with E-state index in [0.29, 0.717) is 18.5 Å². The first kappa shape index (κ1) is 28.0. The maximum atomic E-state index is 13.5. The highest BCUT2D eigenvalue weighted by molar-refractivity contribution is 5.97. The number of hydrogen-bond donors (Lipinski definition) is 4. The van der Waals surface area contributed by atoms with Crippen molar-refractivity contribution in [3.05, 3.63) is 53.7 Å². The molecule has 3 amide bonds. The Labute approximate surface area is 226 Å². The topological polar surface area (TPSA) is 160 Å². The van der Waals surface area contributed by atoms with E-state index in [4.69, 9.17) is 0 Å². The summed E-state index contributed by atoms with van der Waals surface area (Å²) in [5, 5.41) is 31.1. The van der Waals surface area contributed by atoms with Crippen LogP contribution in [-0.2, 0) is 9.59 Å². The van der Waals surface area contributed by atoms with Crippen molar-refractivity contribution in [3.63, 3.8) is 0 Å². The van der Waals surface area contributed by atoms with Crippen molar-refractivity contribution in [2.75, 3.05) is 26.2 Å². The molecule has 1 aromatic heterocycles. The molecule has 2 heterocycles. The van der Waals surface area contributed by atoms with Crippen LogP contribution in [0.1, 0.15) is 60.5 Å². The number of amides is 3. The van der Waals surface area contributed by atoms with Crippen molar-refractivity contribution < 1.29 is 34.5 Å². The number of pyridine rings is 1. The van der Waals surface area contributed by atoms with Crippen LogP contribution < -0.4 is 5.32 Å². The molecule has 1 aromatic carbocycles. The third kappa shape index (κ3) is 7.32. The molecule has 1 saturated carbocycles. The molecule has 11 nitrogen and oxygen atoms in total. The minimum Gasteiger partial charge on any atom is -0.481 e. The van der Waals surface area contributed by atoms with Gasteiger partial charge in [0.1, 0.15) is 11.7 Å². The zero-order valence-electron chi connectivity index (χ0n) is 21.7. The molecule has 11 heteroatoms. The molecule has 4 N–H and O–H groups in total. The average Bonchev–Trinajstić information content (AvgIpc) is 2.95. The summed E-state index contributed by atoms with van der Waals surface area (Å²) in [6.45, 7) is 0.593. The number of aliphatic hydroxyl groups excluding tert-OH is 1. The first-order valence-electron chi connectivity index (χ1n) is 13.3. The number of benzene rings is 1.